The molecule has 0 aromatic heterocycles. The van der Waals surface area contributed by atoms with Gasteiger partial charge in [-0.3, -0.25) is 0 Å². The average Bonchev–Trinajstić information content (AvgIpc) is 2.35. The molecule has 0 saturated carbocycles. The molecule has 0 bridgehead atoms. The molecule has 0 aliphatic carbocycles. The Bertz CT molecular complexity index is 69.7. The number of rotatable bonds is 0. The number of alkyl halides is 2. The third-order valence-corrected chi connectivity index (χ3v) is 2.15. The lowest BCUT2D eigenvalue weighted by molar-refractivity contribution is 0.0967. The van der Waals surface area contributed by atoms with Crippen LogP contribution in [0.4, 0.5) is 0 Å². The van der Waals surface area contributed by atoms with E-state index in [1.54, 1.807) is 0 Å². The maximum atomic E-state index is 5.07. The molecule has 0 aromatic rings. The molecular formula is C11H22Cl2O2. The van der Waals surface area contributed by atoms with Crippen LogP contribution in [0.15, 0.2) is 0 Å². The fraction of sp³-hybridized carbons (Fsp3) is 1.00. The Kier molecular flexibility index (Phi) is 15.0. The molecule has 0 radical (unpaired) electrons. The summed E-state index contributed by atoms with van der Waals surface area (Å²) in [5.74, 6) is 0. The van der Waals surface area contributed by atoms with Crippen molar-refractivity contribution in [2.45, 2.75) is 38.5 Å². The van der Waals surface area contributed by atoms with Crippen LogP contribution in [0.25, 0.3) is 0 Å². The van der Waals surface area contributed by atoms with Crippen molar-refractivity contribution in [2.24, 2.45) is 0 Å². The summed E-state index contributed by atoms with van der Waals surface area (Å²) in [6, 6.07) is 0. The van der Waals surface area contributed by atoms with Crippen molar-refractivity contribution in [2.75, 3.05) is 31.8 Å². The summed E-state index contributed by atoms with van der Waals surface area (Å²) in [4.78, 5) is 0. The molecule has 0 N–H and O–H groups in total. The lowest BCUT2D eigenvalue weighted by Gasteiger charge is -2.08. The van der Waals surface area contributed by atoms with Gasteiger partial charge in [-0.05, 0) is 38.5 Å². The number of ether oxygens (including phenoxy) is 2. The first-order valence-corrected chi connectivity index (χ1v) is 6.76. The van der Waals surface area contributed by atoms with Gasteiger partial charge in [-0.2, -0.15) is 0 Å². The van der Waals surface area contributed by atoms with Gasteiger partial charge in [0.25, 0.3) is 0 Å². The van der Waals surface area contributed by atoms with E-state index >= 15 is 0 Å². The molecule has 92 valence electrons. The van der Waals surface area contributed by atoms with Crippen LogP contribution in [0, 0.1) is 0 Å². The van der Waals surface area contributed by atoms with Crippen LogP contribution in [0.1, 0.15) is 38.5 Å². The predicted molar refractivity (Wildman–Crippen MR) is 65.9 cm³/mol. The Labute approximate surface area is 103 Å². The lowest BCUT2D eigenvalue weighted by atomic mass is 10.2. The predicted octanol–water partition coefficient (Wildman–Crippen LogP) is 3.80. The zero-order valence-electron chi connectivity index (χ0n) is 9.35. The van der Waals surface area contributed by atoms with Crippen molar-refractivity contribution < 1.29 is 9.47 Å². The molecule has 0 spiro atoms. The Balaban J connectivity index is 0.000000210. The van der Waals surface area contributed by atoms with Gasteiger partial charge in [-0.25, -0.2) is 0 Å². The Morgan fingerprint density at radius 1 is 0.600 bits per heavy atom. The van der Waals surface area contributed by atoms with Crippen LogP contribution in [0.3, 0.4) is 0 Å². The highest BCUT2D eigenvalue weighted by molar-refractivity contribution is 6.40. The normalized spacial score (nSPS) is 20.4. The molecule has 2 rings (SSSR count). The lowest BCUT2D eigenvalue weighted by Crippen LogP contribution is -2.03. The molecule has 0 unspecified atom stereocenters. The second kappa shape index (κ2) is 14.5. The molecule has 15 heavy (non-hydrogen) atoms. The highest BCUT2D eigenvalue weighted by Gasteiger charge is 1.95. The number of hydrogen-bond donors (Lipinski definition) is 0. The molecule has 2 aliphatic heterocycles. The van der Waals surface area contributed by atoms with Gasteiger partial charge >= 0.3 is 0 Å². The quantitative estimate of drug-likeness (QED) is 0.614. The fourth-order valence-electron chi connectivity index (χ4n) is 1.37. The molecule has 2 saturated heterocycles. The smallest absolute Gasteiger partial charge is 0.0967 e. The highest BCUT2D eigenvalue weighted by atomic mass is 35.5. The van der Waals surface area contributed by atoms with E-state index in [-0.39, 0.29) is 5.34 Å². The minimum Gasteiger partial charge on any atom is -0.381 e. The zero-order valence-corrected chi connectivity index (χ0v) is 10.9. The largest absolute Gasteiger partial charge is 0.381 e. The van der Waals surface area contributed by atoms with E-state index in [0.29, 0.717) is 0 Å². The van der Waals surface area contributed by atoms with E-state index in [4.69, 9.17) is 32.7 Å². The maximum Gasteiger partial charge on any atom is 0.0967 e. The van der Waals surface area contributed by atoms with E-state index in [1.807, 2.05) is 0 Å². The second-order valence-corrected chi connectivity index (χ2v) is 4.26. The molecule has 2 nitrogen and oxygen atoms in total. The van der Waals surface area contributed by atoms with Crippen molar-refractivity contribution in [3.63, 3.8) is 0 Å². The molecule has 0 aromatic carbocycles. The van der Waals surface area contributed by atoms with Gasteiger partial charge in [0.15, 0.2) is 0 Å². The van der Waals surface area contributed by atoms with Crippen LogP contribution in [-0.2, 0) is 9.47 Å². The topological polar surface area (TPSA) is 18.5 Å². The molecule has 0 atom stereocenters. The monoisotopic (exact) mass is 256 g/mol. The van der Waals surface area contributed by atoms with Crippen molar-refractivity contribution in [1.29, 1.82) is 0 Å². The van der Waals surface area contributed by atoms with Crippen molar-refractivity contribution in [3.8, 4) is 0 Å². The van der Waals surface area contributed by atoms with Crippen LogP contribution in [-0.4, -0.2) is 31.8 Å². The van der Waals surface area contributed by atoms with Gasteiger partial charge in [0, 0.05) is 26.4 Å². The van der Waals surface area contributed by atoms with Crippen LogP contribution in [0.5, 0.6) is 0 Å². The third kappa shape index (κ3) is 14.5. The van der Waals surface area contributed by atoms with Gasteiger partial charge in [-0.1, -0.05) is 0 Å². The molecule has 2 aliphatic rings. The van der Waals surface area contributed by atoms with Gasteiger partial charge in [0.05, 0.1) is 5.34 Å². The molecule has 2 heterocycles. The third-order valence-electron chi connectivity index (χ3n) is 2.15. The summed E-state index contributed by atoms with van der Waals surface area (Å²) in [7, 11) is 0. The standard InChI is InChI=1S/2C5H10O.CH2Cl2/c2*1-2-4-6-5-3-1;2-1-3/h2*1-5H2;1H2. The van der Waals surface area contributed by atoms with Crippen molar-refractivity contribution >= 4 is 23.2 Å². The van der Waals surface area contributed by atoms with Gasteiger partial charge in [-0.15, -0.1) is 23.2 Å². The van der Waals surface area contributed by atoms with Crippen molar-refractivity contribution in [3.05, 3.63) is 0 Å². The van der Waals surface area contributed by atoms with E-state index in [1.165, 1.54) is 38.5 Å². The van der Waals surface area contributed by atoms with E-state index in [2.05, 4.69) is 0 Å². The van der Waals surface area contributed by atoms with E-state index in [0.717, 1.165) is 26.4 Å². The summed E-state index contributed by atoms with van der Waals surface area (Å²) >= 11 is 9.53. The van der Waals surface area contributed by atoms with Crippen LogP contribution in [0.2, 0.25) is 0 Å². The SMILES string of the molecule is C1CCOCC1.C1CCOCC1.ClCCl. The summed E-state index contributed by atoms with van der Waals surface area (Å²) in [5, 5.41) is 0.194. The second-order valence-electron chi connectivity index (χ2n) is 3.45. The van der Waals surface area contributed by atoms with Gasteiger partial charge in [0.2, 0.25) is 0 Å². The summed E-state index contributed by atoms with van der Waals surface area (Å²) in [5.41, 5.74) is 0. The minimum absolute atomic E-state index is 0.194. The average molecular weight is 257 g/mol. The summed E-state index contributed by atoms with van der Waals surface area (Å²) < 4.78 is 10.1. The Morgan fingerprint density at radius 2 is 0.867 bits per heavy atom. The first-order chi connectivity index (χ1) is 7.41. The van der Waals surface area contributed by atoms with E-state index in [9.17, 15) is 0 Å². The molecule has 2 fully saturated rings. The van der Waals surface area contributed by atoms with Crippen LogP contribution < -0.4 is 0 Å². The highest BCUT2D eigenvalue weighted by Crippen LogP contribution is 2.02. The maximum absolute atomic E-state index is 5.07. The van der Waals surface area contributed by atoms with Crippen molar-refractivity contribution in [1.82, 2.24) is 0 Å². The number of halogens is 2. The van der Waals surface area contributed by atoms with Crippen LogP contribution >= 0.6 is 23.2 Å². The first-order valence-electron chi connectivity index (χ1n) is 5.69. The molecule has 4 heteroatoms. The zero-order chi connectivity index (χ0) is 11.2. The Morgan fingerprint density at radius 3 is 0.933 bits per heavy atom. The van der Waals surface area contributed by atoms with Gasteiger partial charge in [0.1, 0.15) is 0 Å². The molecular weight excluding hydrogens is 235 g/mol. The fourth-order valence-corrected chi connectivity index (χ4v) is 1.37. The first kappa shape index (κ1) is 15.5. The minimum atomic E-state index is 0.194. The van der Waals surface area contributed by atoms with E-state index < -0.39 is 0 Å². The summed E-state index contributed by atoms with van der Waals surface area (Å²) in [6.07, 6.45) is 7.86. The number of hydrogen-bond acceptors (Lipinski definition) is 2. The summed E-state index contributed by atoms with van der Waals surface area (Å²) in [6.45, 7) is 4.00. The Hall–Kier alpha value is 0.500. The molecule has 0 amide bonds. The van der Waals surface area contributed by atoms with Gasteiger partial charge < -0.3 is 9.47 Å².